The topological polar surface area (TPSA) is 119 Å². The molecular weight excluding hydrogens is 421 g/mol. The molecule has 8 nitrogen and oxygen atoms in total. The van der Waals surface area contributed by atoms with E-state index in [-0.39, 0.29) is 32.7 Å². The minimum Gasteiger partial charge on any atom is -0.478 e. The summed E-state index contributed by atoms with van der Waals surface area (Å²) in [4.78, 5) is 48.5. The van der Waals surface area contributed by atoms with Crippen molar-refractivity contribution >= 4 is 23.5 Å². The first kappa shape index (κ1) is 22.2. The zero-order valence-corrected chi connectivity index (χ0v) is 16.0. The third-order valence-corrected chi connectivity index (χ3v) is 4.81. The van der Waals surface area contributed by atoms with Gasteiger partial charge in [-0.15, -0.1) is 0 Å². The lowest BCUT2D eigenvalue weighted by Crippen LogP contribution is -2.42. The fourth-order valence-electron chi connectivity index (χ4n) is 3.09. The highest BCUT2D eigenvalue weighted by Gasteiger charge is 2.36. The van der Waals surface area contributed by atoms with E-state index in [0.717, 1.165) is 7.05 Å². The number of hydrogen-bond donors (Lipinski definition) is 2. The van der Waals surface area contributed by atoms with Crippen LogP contribution in [0.25, 0.3) is 5.69 Å². The predicted molar refractivity (Wildman–Crippen MR) is 95.3 cm³/mol. The van der Waals surface area contributed by atoms with E-state index in [1.807, 2.05) is 0 Å². The molecule has 1 aromatic heterocycles. The van der Waals surface area contributed by atoms with Crippen LogP contribution in [-0.2, 0) is 19.6 Å². The van der Waals surface area contributed by atoms with E-state index in [1.165, 1.54) is 6.92 Å². The Morgan fingerprint density at radius 1 is 1.14 bits per heavy atom. The second kappa shape index (κ2) is 7.39. The molecule has 12 heteroatoms. The van der Waals surface area contributed by atoms with Gasteiger partial charge in [-0.25, -0.2) is 19.0 Å². The standard InChI is InChI=1S/C17H14ClF3N2O6/c1-4-7-6(2)13(11(15(27)28)10(12(7)18)14(25)26)23-9(24)5-8(17(19,20)21)22(3)16(23)29/h5H,4H2,1-3H3,(H,25,26)(H,27,28). The molecule has 0 bridgehead atoms. The molecule has 0 unspecified atom stereocenters. The van der Waals surface area contributed by atoms with Crippen molar-refractivity contribution in [2.75, 3.05) is 0 Å². The first-order valence-electron chi connectivity index (χ1n) is 7.97. The number of rotatable bonds is 4. The number of carbonyl (C=O) groups is 2. The second-order valence-electron chi connectivity index (χ2n) is 6.02. The summed E-state index contributed by atoms with van der Waals surface area (Å²) in [5.41, 5.74) is -6.86. The minimum atomic E-state index is -5.02. The van der Waals surface area contributed by atoms with Crippen molar-refractivity contribution in [3.8, 4) is 5.69 Å². The summed E-state index contributed by atoms with van der Waals surface area (Å²) in [6.07, 6.45) is -4.91. The highest BCUT2D eigenvalue weighted by molar-refractivity contribution is 6.35. The monoisotopic (exact) mass is 434 g/mol. The third-order valence-electron chi connectivity index (χ3n) is 4.39. The number of nitrogens with zero attached hydrogens (tertiary/aromatic N) is 2. The van der Waals surface area contributed by atoms with Crippen LogP contribution in [0, 0.1) is 6.92 Å². The number of carboxylic acid groups (broad SMARTS) is 2. The summed E-state index contributed by atoms with van der Waals surface area (Å²) in [6, 6.07) is 0.132. The molecule has 0 aliphatic heterocycles. The number of benzene rings is 1. The molecule has 0 radical (unpaired) electrons. The maximum atomic E-state index is 13.1. The third kappa shape index (κ3) is 3.53. The maximum Gasteiger partial charge on any atom is 0.431 e. The van der Waals surface area contributed by atoms with E-state index in [4.69, 9.17) is 11.6 Å². The van der Waals surface area contributed by atoms with Crippen LogP contribution in [0.4, 0.5) is 13.2 Å². The summed E-state index contributed by atoms with van der Waals surface area (Å²) >= 11 is 6.05. The molecule has 0 saturated heterocycles. The van der Waals surface area contributed by atoms with E-state index in [1.54, 1.807) is 6.92 Å². The summed E-state index contributed by atoms with van der Waals surface area (Å²) in [7, 11) is 0.756. The second-order valence-corrected chi connectivity index (χ2v) is 6.40. The van der Waals surface area contributed by atoms with Gasteiger partial charge in [-0.05, 0) is 24.5 Å². The van der Waals surface area contributed by atoms with Gasteiger partial charge in [0, 0.05) is 13.1 Å². The van der Waals surface area contributed by atoms with Gasteiger partial charge in [-0.1, -0.05) is 18.5 Å². The van der Waals surface area contributed by atoms with Gasteiger partial charge in [0.15, 0.2) is 0 Å². The average molecular weight is 435 g/mol. The van der Waals surface area contributed by atoms with E-state index in [9.17, 15) is 42.6 Å². The van der Waals surface area contributed by atoms with Crippen LogP contribution >= 0.6 is 11.6 Å². The molecule has 0 spiro atoms. The first-order valence-corrected chi connectivity index (χ1v) is 8.35. The highest BCUT2D eigenvalue weighted by Crippen LogP contribution is 2.34. The van der Waals surface area contributed by atoms with Gasteiger partial charge in [-0.2, -0.15) is 13.2 Å². The van der Waals surface area contributed by atoms with Crippen molar-refractivity contribution in [1.82, 2.24) is 9.13 Å². The lowest BCUT2D eigenvalue weighted by molar-refractivity contribution is -0.144. The van der Waals surface area contributed by atoms with Crippen LogP contribution in [0.3, 0.4) is 0 Å². The van der Waals surface area contributed by atoms with Gasteiger partial charge in [-0.3, -0.25) is 9.36 Å². The molecular formula is C17H14ClF3N2O6. The van der Waals surface area contributed by atoms with Gasteiger partial charge >= 0.3 is 23.8 Å². The Balaban J connectivity index is 3.20. The summed E-state index contributed by atoms with van der Waals surface area (Å²) in [6.45, 7) is 2.86. The molecule has 0 atom stereocenters. The zero-order valence-electron chi connectivity index (χ0n) is 15.2. The summed E-state index contributed by atoms with van der Waals surface area (Å²) in [5, 5.41) is 18.6. The van der Waals surface area contributed by atoms with Gasteiger partial charge in [0.25, 0.3) is 5.56 Å². The van der Waals surface area contributed by atoms with Gasteiger partial charge < -0.3 is 10.2 Å². The van der Waals surface area contributed by atoms with E-state index in [2.05, 4.69) is 0 Å². The number of hydrogen-bond acceptors (Lipinski definition) is 4. The normalized spacial score (nSPS) is 11.6. The molecule has 0 fully saturated rings. The number of alkyl halides is 3. The Morgan fingerprint density at radius 3 is 2.07 bits per heavy atom. The molecule has 1 aromatic carbocycles. The van der Waals surface area contributed by atoms with Crippen LogP contribution in [0.15, 0.2) is 15.7 Å². The molecule has 2 aromatic rings. The van der Waals surface area contributed by atoms with Crippen LogP contribution in [0.2, 0.25) is 5.02 Å². The Labute approximate surface area is 165 Å². The van der Waals surface area contributed by atoms with Crippen molar-refractivity contribution in [3.05, 3.63) is 59.9 Å². The smallest absolute Gasteiger partial charge is 0.431 e. The molecule has 29 heavy (non-hydrogen) atoms. The molecule has 0 amide bonds. The molecule has 1 heterocycles. The van der Waals surface area contributed by atoms with Crippen molar-refractivity contribution in [2.24, 2.45) is 7.05 Å². The molecule has 0 aliphatic rings. The van der Waals surface area contributed by atoms with Crippen molar-refractivity contribution < 1.29 is 33.0 Å². The zero-order chi connectivity index (χ0) is 22.4. The van der Waals surface area contributed by atoms with Crippen LogP contribution in [-0.4, -0.2) is 31.3 Å². The molecule has 0 aliphatic carbocycles. The van der Waals surface area contributed by atoms with Crippen molar-refractivity contribution in [2.45, 2.75) is 26.4 Å². The quantitative estimate of drug-likeness (QED) is 0.763. The van der Waals surface area contributed by atoms with Crippen molar-refractivity contribution in [3.63, 3.8) is 0 Å². The predicted octanol–water partition coefficient (Wildman–Crippen LogP) is 2.48. The number of aromatic carboxylic acids is 2. The van der Waals surface area contributed by atoms with Gasteiger partial charge in [0.05, 0.1) is 16.3 Å². The maximum absolute atomic E-state index is 13.1. The molecule has 156 valence electrons. The molecule has 2 N–H and O–H groups in total. The van der Waals surface area contributed by atoms with Gasteiger partial charge in [0.1, 0.15) is 11.3 Å². The Morgan fingerprint density at radius 2 is 1.66 bits per heavy atom. The van der Waals surface area contributed by atoms with E-state index < -0.39 is 56.9 Å². The first-order chi connectivity index (χ1) is 13.3. The summed E-state index contributed by atoms with van der Waals surface area (Å²) < 4.78 is 39.6. The lowest BCUT2D eigenvalue weighted by atomic mass is 9.94. The minimum absolute atomic E-state index is 0.0149. The van der Waals surface area contributed by atoms with E-state index >= 15 is 0 Å². The Bertz CT molecular complexity index is 1160. The number of carboxylic acids is 2. The largest absolute Gasteiger partial charge is 0.478 e. The Kier molecular flexibility index (Phi) is 5.66. The number of aromatic nitrogens is 2. The summed E-state index contributed by atoms with van der Waals surface area (Å²) in [5.74, 6) is -3.56. The van der Waals surface area contributed by atoms with Crippen molar-refractivity contribution in [1.29, 1.82) is 0 Å². The van der Waals surface area contributed by atoms with E-state index in [0.29, 0.717) is 0 Å². The SMILES string of the molecule is CCc1c(C)c(-n2c(=O)cc(C(F)(F)F)n(C)c2=O)c(C(=O)O)c(C(=O)O)c1Cl. The van der Waals surface area contributed by atoms with Crippen LogP contribution < -0.4 is 11.2 Å². The highest BCUT2D eigenvalue weighted by atomic mass is 35.5. The molecule has 0 saturated carbocycles. The number of halogens is 4. The molecule has 2 rings (SSSR count). The lowest BCUT2D eigenvalue weighted by Gasteiger charge is -2.20. The van der Waals surface area contributed by atoms with Crippen LogP contribution in [0.1, 0.15) is 44.5 Å². The Hall–Kier alpha value is -3.08. The van der Waals surface area contributed by atoms with Gasteiger partial charge in [0.2, 0.25) is 0 Å². The fraction of sp³-hybridized carbons (Fsp3) is 0.294. The van der Waals surface area contributed by atoms with Crippen LogP contribution in [0.5, 0.6) is 0 Å². The fourth-order valence-corrected chi connectivity index (χ4v) is 3.54. The average Bonchev–Trinajstić information content (AvgIpc) is 2.58.